The van der Waals surface area contributed by atoms with Crippen molar-refractivity contribution in [2.24, 2.45) is 0 Å². The van der Waals surface area contributed by atoms with Crippen molar-refractivity contribution in [1.82, 2.24) is 10.1 Å². The molecule has 0 saturated carbocycles. The molecular weight excluding hydrogens is 322 g/mol. The summed E-state index contributed by atoms with van der Waals surface area (Å²) < 4.78 is 12.2. The number of hydrogen-bond acceptors (Lipinski definition) is 5. The highest BCUT2D eigenvalue weighted by Crippen LogP contribution is 2.44. The lowest BCUT2D eigenvalue weighted by molar-refractivity contribution is 0.0996. The predicted molar refractivity (Wildman–Crippen MR) is 77.1 cm³/mol. The van der Waals surface area contributed by atoms with E-state index >= 15 is 0 Å². The quantitative estimate of drug-likeness (QED) is 0.853. The third kappa shape index (κ3) is 1.94. The molecule has 3 atom stereocenters. The van der Waals surface area contributed by atoms with Crippen LogP contribution in [0.3, 0.4) is 0 Å². The molecule has 1 aromatic heterocycles. The fraction of sp³-hybridized carbons (Fsp3) is 0.429. The molecule has 2 N–H and O–H groups in total. The van der Waals surface area contributed by atoms with Crippen molar-refractivity contribution >= 4 is 21.6 Å². The first-order valence-electron chi connectivity index (χ1n) is 6.75. The van der Waals surface area contributed by atoms with Crippen LogP contribution < -0.4 is 5.73 Å². The van der Waals surface area contributed by atoms with Crippen molar-refractivity contribution in [3.05, 3.63) is 28.5 Å². The molecule has 2 aromatic rings. The molecule has 2 aliphatic heterocycles. The van der Waals surface area contributed by atoms with Gasteiger partial charge in [0.1, 0.15) is 0 Å². The van der Waals surface area contributed by atoms with E-state index in [4.69, 9.17) is 15.0 Å². The van der Waals surface area contributed by atoms with Crippen molar-refractivity contribution in [3.8, 4) is 11.5 Å². The van der Waals surface area contributed by atoms with Gasteiger partial charge in [0.2, 0.25) is 0 Å². The first-order chi connectivity index (χ1) is 9.70. The molecule has 0 spiro atoms. The second-order valence-electron chi connectivity index (χ2n) is 5.41. The zero-order chi connectivity index (χ0) is 13.7. The Kier molecular flexibility index (Phi) is 2.82. The van der Waals surface area contributed by atoms with E-state index in [0.29, 0.717) is 17.7 Å². The molecular formula is C14H14BrN3O2. The summed E-state index contributed by atoms with van der Waals surface area (Å²) >= 11 is 3.43. The maximum atomic E-state index is 5.97. The van der Waals surface area contributed by atoms with E-state index in [9.17, 15) is 0 Å². The third-order valence-electron chi connectivity index (χ3n) is 4.13. The molecule has 0 aliphatic carbocycles. The van der Waals surface area contributed by atoms with Crippen LogP contribution in [0.15, 0.2) is 27.2 Å². The number of aromatic nitrogens is 2. The summed E-state index contributed by atoms with van der Waals surface area (Å²) in [6.07, 6.45) is 3.88. The molecule has 3 heterocycles. The number of benzene rings is 1. The highest BCUT2D eigenvalue weighted by Gasteiger charge is 2.43. The van der Waals surface area contributed by atoms with Crippen molar-refractivity contribution in [2.45, 2.75) is 37.4 Å². The Morgan fingerprint density at radius 3 is 2.95 bits per heavy atom. The second-order valence-corrected chi connectivity index (χ2v) is 6.32. The zero-order valence-electron chi connectivity index (χ0n) is 10.8. The Labute approximate surface area is 124 Å². The Morgan fingerprint density at radius 1 is 1.30 bits per heavy atom. The Morgan fingerprint density at radius 2 is 2.20 bits per heavy atom. The number of fused-ring (bicyclic) bond motifs is 2. The first-order valence-corrected chi connectivity index (χ1v) is 7.54. The largest absolute Gasteiger partial charge is 0.398 e. The van der Waals surface area contributed by atoms with Crippen LogP contribution in [0.4, 0.5) is 5.69 Å². The Balaban J connectivity index is 1.66. The molecule has 2 aliphatic rings. The summed E-state index contributed by atoms with van der Waals surface area (Å²) in [7, 11) is 0. The van der Waals surface area contributed by atoms with Gasteiger partial charge in [0.05, 0.1) is 23.7 Å². The van der Waals surface area contributed by atoms with Gasteiger partial charge < -0.3 is 15.0 Å². The number of nitrogens with two attached hydrogens (primary N) is 1. The minimum atomic E-state index is 0.255. The number of rotatable bonds is 2. The van der Waals surface area contributed by atoms with Gasteiger partial charge in [-0.05, 0) is 37.5 Å². The molecule has 2 bridgehead atoms. The van der Waals surface area contributed by atoms with Gasteiger partial charge in [-0.1, -0.05) is 21.1 Å². The summed E-state index contributed by atoms with van der Waals surface area (Å²) in [5.74, 6) is 1.48. The number of nitrogens with zero attached hydrogens (tertiary/aromatic N) is 2. The van der Waals surface area contributed by atoms with E-state index in [1.807, 2.05) is 18.2 Å². The monoisotopic (exact) mass is 335 g/mol. The standard InChI is InChI=1S/C14H14BrN3O2/c15-7-1-3-11(16)9(5-7)14-17-13(18-20-14)10-6-8-2-4-12(10)19-8/h1,3,5,8,10,12H,2,4,6,16H2. The highest BCUT2D eigenvalue weighted by atomic mass is 79.9. The number of anilines is 1. The van der Waals surface area contributed by atoms with Gasteiger partial charge >= 0.3 is 0 Å². The lowest BCUT2D eigenvalue weighted by atomic mass is 9.89. The van der Waals surface area contributed by atoms with Gasteiger partial charge in [0, 0.05) is 10.2 Å². The number of hydrogen-bond donors (Lipinski definition) is 1. The fourth-order valence-electron chi connectivity index (χ4n) is 3.12. The van der Waals surface area contributed by atoms with E-state index in [1.165, 1.54) is 0 Å². The zero-order valence-corrected chi connectivity index (χ0v) is 12.3. The van der Waals surface area contributed by atoms with Gasteiger partial charge in [-0.2, -0.15) is 4.98 Å². The van der Waals surface area contributed by atoms with Crippen LogP contribution in [-0.4, -0.2) is 22.3 Å². The third-order valence-corrected chi connectivity index (χ3v) is 4.62. The smallest absolute Gasteiger partial charge is 0.260 e. The van der Waals surface area contributed by atoms with E-state index < -0.39 is 0 Å². The van der Waals surface area contributed by atoms with Gasteiger partial charge in [-0.3, -0.25) is 0 Å². The lowest BCUT2D eigenvalue weighted by Crippen LogP contribution is -2.15. The summed E-state index contributed by atoms with van der Waals surface area (Å²) in [6.45, 7) is 0. The van der Waals surface area contributed by atoms with E-state index in [2.05, 4.69) is 26.1 Å². The van der Waals surface area contributed by atoms with Crippen molar-refractivity contribution < 1.29 is 9.26 Å². The average molecular weight is 336 g/mol. The fourth-order valence-corrected chi connectivity index (χ4v) is 3.48. The molecule has 2 saturated heterocycles. The lowest BCUT2D eigenvalue weighted by Gasteiger charge is -2.13. The molecule has 20 heavy (non-hydrogen) atoms. The maximum Gasteiger partial charge on any atom is 0.260 e. The summed E-state index contributed by atoms with van der Waals surface area (Å²) in [6, 6.07) is 5.60. The molecule has 1 aromatic carbocycles. The van der Waals surface area contributed by atoms with Gasteiger partial charge in [-0.15, -0.1) is 0 Å². The number of halogens is 1. The number of nitrogen functional groups attached to an aromatic ring is 1. The predicted octanol–water partition coefficient (Wildman–Crippen LogP) is 3.12. The van der Waals surface area contributed by atoms with Crippen LogP contribution in [-0.2, 0) is 4.74 Å². The van der Waals surface area contributed by atoms with E-state index in [0.717, 1.165) is 35.1 Å². The normalized spacial score (nSPS) is 28.1. The molecule has 4 rings (SSSR count). The Bertz CT molecular complexity index is 658. The van der Waals surface area contributed by atoms with Crippen LogP contribution in [0, 0.1) is 0 Å². The van der Waals surface area contributed by atoms with Gasteiger partial charge in [-0.25, -0.2) is 0 Å². The molecule has 6 heteroatoms. The van der Waals surface area contributed by atoms with Crippen LogP contribution >= 0.6 is 15.9 Å². The van der Waals surface area contributed by atoms with Crippen LogP contribution in [0.25, 0.3) is 11.5 Å². The van der Waals surface area contributed by atoms with Crippen molar-refractivity contribution in [2.75, 3.05) is 5.73 Å². The van der Waals surface area contributed by atoms with Crippen LogP contribution in [0.2, 0.25) is 0 Å². The van der Waals surface area contributed by atoms with E-state index in [-0.39, 0.29) is 12.0 Å². The average Bonchev–Trinajstić information content (AvgIpc) is 3.15. The first kappa shape index (κ1) is 12.3. The van der Waals surface area contributed by atoms with Crippen LogP contribution in [0.1, 0.15) is 31.0 Å². The molecule has 104 valence electrons. The van der Waals surface area contributed by atoms with Crippen LogP contribution in [0.5, 0.6) is 0 Å². The topological polar surface area (TPSA) is 74.2 Å². The van der Waals surface area contributed by atoms with Crippen molar-refractivity contribution in [1.29, 1.82) is 0 Å². The van der Waals surface area contributed by atoms with E-state index in [1.54, 1.807) is 0 Å². The summed E-state index contributed by atoms with van der Waals surface area (Å²) in [5, 5.41) is 4.13. The Hall–Kier alpha value is -1.40. The van der Waals surface area contributed by atoms with Crippen molar-refractivity contribution in [3.63, 3.8) is 0 Å². The molecule has 2 fully saturated rings. The van der Waals surface area contributed by atoms with Gasteiger partial charge in [0.25, 0.3) is 5.89 Å². The second kappa shape index (κ2) is 4.56. The molecule has 5 nitrogen and oxygen atoms in total. The molecule has 0 amide bonds. The minimum absolute atomic E-state index is 0.255. The van der Waals surface area contributed by atoms with Gasteiger partial charge in [0.15, 0.2) is 5.82 Å². The summed E-state index contributed by atoms with van der Waals surface area (Å²) in [5.41, 5.74) is 7.37. The SMILES string of the molecule is Nc1ccc(Br)cc1-c1nc(C2CC3CCC2O3)no1. The summed E-state index contributed by atoms with van der Waals surface area (Å²) in [4.78, 5) is 4.52. The minimum Gasteiger partial charge on any atom is -0.398 e. The molecule has 3 unspecified atom stereocenters. The highest BCUT2D eigenvalue weighted by molar-refractivity contribution is 9.10. The number of ether oxygens (including phenoxy) is 1. The maximum absolute atomic E-state index is 5.97. The molecule has 0 radical (unpaired) electrons.